The first-order valence-electron chi connectivity index (χ1n) is 7.24. The number of nitrogens with zero attached hydrogens (tertiary/aromatic N) is 3. The summed E-state index contributed by atoms with van der Waals surface area (Å²) in [5.41, 5.74) is 0.173. The molecule has 5 heteroatoms. The molecule has 110 valence electrons. The second kappa shape index (κ2) is 6.20. The van der Waals surface area contributed by atoms with Crippen LogP contribution in [0, 0.1) is 0 Å². The average molecular weight is 269 g/mol. The first kappa shape index (κ1) is 14.8. The van der Waals surface area contributed by atoms with E-state index in [1.54, 1.807) is 7.11 Å². The zero-order valence-corrected chi connectivity index (χ0v) is 12.5. The summed E-state index contributed by atoms with van der Waals surface area (Å²) in [4.78, 5) is 19.0. The number of likely N-dealkylation sites (tertiary alicyclic amines) is 1. The van der Waals surface area contributed by atoms with Gasteiger partial charge in [-0.25, -0.2) is 0 Å². The number of ether oxygens (including phenoxy) is 1. The van der Waals surface area contributed by atoms with E-state index in [4.69, 9.17) is 4.74 Å². The van der Waals surface area contributed by atoms with Gasteiger partial charge in [-0.2, -0.15) is 0 Å². The quantitative estimate of drug-likeness (QED) is 0.720. The van der Waals surface area contributed by atoms with Gasteiger partial charge >= 0.3 is 0 Å². The molecule has 0 saturated carbocycles. The molecule has 1 amide bonds. The van der Waals surface area contributed by atoms with E-state index in [2.05, 4.69) is 23.9 Å². The molecule has 2 saturated heterocycles. The number of likely N-dealkylation sites (N-methyl/N-ethyl adjacent to an activating group) is 1. The Labute approximate surface area is 116 Å². The van der Waals surface area contributed by atoms with Gasteiger partial charge in [0.25, 0.3) is 0 Å². The lowest BCUT2D eigenvalue weighted by Crippen LogP contribution is -2.58. The van der Waals surface area contributed by atoms with Crippen molar-refractivity contribution in [2.24, 2.45) is 0 Å². The number of hydrogen-bond acceptors (Lipinski definition) is 4. The Balaban J connectivity index is 2.09. The van der Waals surface area contributed by atoms with Gasteiger partial charge in [-0.05, 0) is 46.4 Å². The largest absolute Gasteiger partial charge is 0.375 e. The molecular formula is C14H27N3O2. The van der Waals surface area contributed by atoms with Crippen LogP contribution >= 0.6 is 0 Å². The van der Waals surface area contributed by atoms with Gasteiger partial charge in [0.15, 0.2) is 0 Å². The Bertz CT molecular complexity index is 314. The minimum absolute atomic E-state index is 0.135. The summed E-state index contributed by atoms with van der Waals surface area (Å²) in [7, 11) is 5.99. The molecule has 0 aromatic heterocycles. The summed E-state index contributed by atoms with van der Waals surface area (Å²) in [6.07, 6.45) is 3.36. The summed E-state index contributed by atoms with van der Waals surface area (Å²) in [5, 5.41) is 0. The van der Waals surface area contributed by atoms with Crippen LogP contribution in [0.15, 0.2) is 0 Å². The van der Waals surface area contributed by atoms with Gasteiger partial charge in [-0.15, -0.1) is 0 Å². The molecule has 1 spiro atoms. The Morgan fingerprint density at radius 2 is 1.84 bits per heavy atom. The van der Waals surface area contributed by atoms with Crippen molar-refractivity contribution in [2.75, 3.05) is 60.5 Å². The third-order valence-electron chi connectivity index (χ3n) is 4.75. The maximum Gasteiger partial charge on any atom is 0.248 e. The predicted molar refractivity (Wildman–Crippen MR) is 75.2 cm³/mol. The SMILES string of the molecule is COCC(=O)N1CCCN(C)C2(CCN(C)CC2)C1. The molecule has 0 aliphatic carbocycles. The van der Waals surface area contributed by atoms with Crippen LogP contribution in [0.3, 0.4) is 0 Å². The molecule has 19 heavy (non-hydrogen) atoms. The molecule has 5 nitrogen and oxygen atoms in total. The van der Waals surface area contributed by atoms with E-state index in [0.29, 0.717) is 0 Å². The zero-order valence-electron chi connectivity index (χ0n) is 12.5. The third kappa shape index (κ3) is 3.27. The Morgan fingerprint density at radius 1 is 1.16 bits per heavy atom. The van der Waals surface area contributed by atoms with Crippen molar-refractivity contribution in [1.29, 1.82) is 0 Å². The molecular weight excluding hydrogens is 242 g/mol. The summed E-state index contributed by atoms with van der Waals surface area (Å²) in [6, 6.07) is 0. The van der Waals surface area contributed by atoms with Gasteiger partial charge in [0.1, 0.15) is 6.61 Å². The highest BCUT2D eigenvalue weighted by atomic mass is 16.5. The fourth-order valence-corrected chi connectivity index (χ4v) is 3.29. The molecule has 2 heterocycles. The fourth-order valence-electron chi connectivity index (χ4n) is 3.29. The lowest BCUT2D eigenvalue weighted by atomic mass is 9.85. The van der Waals surface area contributed by atoms with Crippen LogP contribution in [0.1, 0.15) is 19.3 Å². The van der Waals surface area contributed by atoms with Crippen LogP contribution in [0.25, 0.3) is 0 Å². The molecule has 0 bridgehead atoms. The molecule has 2 rings (SSSR count). The van der Waals surface area contributed by atoms with E-state index in [1.807, 2.05) is 4.90 Å². The average Bonchev–Trinajstić information content (AvgIpc) is 2.55. The molecule has 0 unspecified atom stereocenters. The number of carbonyl (C=O) groups excluding carboxylic acids is 1. The zero-order chi connectivity index (χ0) is 13.9. The molecule has 0 atom stereocenters. The Hall–Kier alpha value is -0.650. The van der Waals surface area contributed by atoms with Crippen molar-refractivity contribution in [3.05, 3.63) is 0 Å². The number of methoxy groups -OCH3 is 1. The molecule has 0 aromatic rings. The van der Waals surface area contributed by atoms with E-state index < -0.39 is 0 Å². The molecule has 2 aliphatic heterocycles. The first-order chi connectivity index (χ1) is 9.07. The number of piperidine rings is 1. The van der Waals surface area contributed by atoms with Crippen LogP contribution in [0.4, 0.5) is 0 Å². The van der Waals surface area contributed by atoms with Crippen molar-refractivity contribution in [1.82, 2.24) is 14.7 Å². The van der Waals surface area contributed by atoms with E-state index in [1.165, 1.54) is 0 Å². The summed E-state index contributed by atoms with van der Waals surface area (Å²) in [6.45, 7) is 5.26. The molecule has 0 N–H and O–H groups in total. The molecule has 0 radical (unpaired) electrons. The number of amides is 1. The van der Waals surface area contributed by atoms with Crippen LogP contribution in [0.5, 0.6) is 0 Å². The monoisotopic (exact) mass is 269 g/mol. The van der Waals surface area contributed by atoms with E-state index in [0.717, 1.165) is 52.0 Å². The van der Waals surface area contributed by atoms with Crippen molar-refractivity contribution in [3.63, 3.8) is 0 Å². The normalized spacial score (nSPS) is 25.5. The number of rotatable bonds is 2. The summed E-state index contributed by atoms with van der Waals surface area (Å²) in [5.74, 6) is 0.135. The lowest BCUT2D eigenvalue weighted by Gasteiger charge is -2.47. The summed E-state index contributed by atoms with van der Waals surface area (Å²) >= 11 is 0. The maximum atomic E-state index is 12.1. The van der Waals surface area contributed by atoms with E-state index in [-0.39, 0.29) is 18.1 Å². The highest BCUT2D eigenvalue weighted by Crippen LogP contribution is 2.30. The minimum atomic E-state index is 0.135. The number of carbonyl (C=O) groups is 1. The smallest absolute Gasteiger partial charge is 0.248 e. The molecule has 0 aromatic carbocycles. The standard InChI is InChI=1S/C14H27N3O2/c1-15-9-5-14(6-10-15)12-17(13(18)11-19-3)8-4-7-16(14)2/h4-12H2,1-3H3. The van der Waals surface area contributed by atoms with Crippen molar-refractivity contribution < 1.29 is 9.53 Å². The lowest BCUT2D eigenvalue weighted by molar-refractivity contribution is -0.136. The van der Waals surface area contributed by atoms with Crippen LogP contribution in [0.2, 0.25) is 0 Å². The first-order valence-corrected chi connectivity index (χ1v) is 7.24. The van der Waals surface area contributed by atoms with Crippen molar-refractivity contribution in [2.45, 2.75) is 24.8 Å². The Kier molecular flexibility index (Phi) is 4.81. The minimum Gasteiger partial charge on any atom is -0.375 e. The van der Waals surface area contributed by atoms with E-state index >= 15 is 0 Å². The van der Waals surface area contributed by atoms with Crippen LogP contribution in [-0.4, -0.2) is 86.7 Å². The second-order valence-corrected chi connectivity index (χ2v) is 6.05. The fraction of sp³-hybridized carbons (Fsp3) is 0.929. The topological polar surface area (TPSA) is 36.0 Å². The van der Waals surface area contributed by atoms with Gasteiger partial charge < -0.3 is 14.5 Å². The predicted octanol–water partition coefficient (Wildman–Crippen LogP) is 0.261. The number of hydrogen-bond donors (Lipinski definition) is 0. The van der Waals surface area contributed by atoms with Gasteiger partial charge in [-0.3, -0.25) is 9.69 Å². The maximum absolute atomic E-state index is 12.1. The van der Waals surface area contributed by atoms with Crippen LogP contribution in [-0.2, 0) is 9.53 Å². The van der Waals surface area contributed by atoms with Gasteiger partial charge in [-0.1, -0.05) is 0 Å². The van der Waals surface area contributed by atoms with Gasteiger partial charge in [0, 0.05) is 32.3 Å². The van der Waals surface area contributed by atoms with Crippen molar-refractivity contribution in [3.8, 4) is 0 Å². The van der Waals surface area contributed by atoms with E-state index in [9.17, 15) is 4.79 Å². The molecule has 2 aliphatic rings. The second-order valence-electron chi connectivity index (χ2n) is 6.05. The van der Waals surface area contributed by atoms with Gasteiger partial charge in [0.2, 0.25) is 5.91 Å². The summed E-state index contributed by atoms with van der Waals surface area (Å²) < 4.78 is 5.00. The van der Waals surface area contributed by atoms with Gasteiger partial charge in [0.05, 0.1) is 0 Å². The Morgan fingerprint density at radius 3 is 2.47 bits per heavy atom. The highest BCUT2D eigenvalue weighted by Gasteiger charge is 2.41. The molecule has 2 fully saturated rings. The van der Waals surface area contributed by atoms with Crippen molar-refractivity contribution >= 4 is 5.91 Å². The highest BCUT2D eigenvalue weighted by molar-refractivity contribution is 5.77. The van der Waals surface area contributed by atoms with Crippen LogP contribution < -0.4 is 0 Å². The third-order valence-corrected chi connectivity index (χ3v) is 4.75.